The predicted octanol–water partition coefficient (Wildman–Crippen LogP) is 3.81. The lowest BCUT2D eigenvalue weighted by atomic mass is 9.97. The second-order valence-electron chi connectivity index (χ2n) is 4.35. The highest BCUT2D eigenvalue weighted by molar-refractivity contribution is 8.77. The number of rotatable bonds is 1. The summed E-state index contributed by atoms with van der Waals surface area (Å²) in [6.45, 7) is 11.0. The first-order valence-electron chi connectivity index (χ1n) is 5.04. The Bertz CT molecular complexity index is 422. The van der Waals surface area contributed by atoms with E-state index in [1.54, 1.807) is 21.6 Å². The molecule has 0 amide bonds. The molecular weight excluding hydrogens is 238 g/mol. The molecule has 0 spiro atoms. The highest BCUT2D eigenvalue weighted by atomic mass is 33.1. The summed E-state index contributed by atoms with van der Waals surface area (Å²) in [5.74, 6) is 0. The lowest BCUT2D eigenvalue weighted by Crippen LogP contribution is -2.31. The van der Waals surface area contributed by atoms with Crippen molar-refractivity contribution in [3.05, 3.63) is 41.2 Å². The zero-order chi connectivity index (χ0) is 11.8. The van der Waals surface area contributed by atoms with Gasteiger partial charge >= 0.3 is 0 Å². The molecule has 0 bridgehead atoms. The monoisotopic (exact) mass is 251 g/mol. The summed E-state index contributed by atoms with van der Waals surface area (Å²) in [6, 6.07) is 7.50. The zero-order valence-corrected chi connectivity index (χ0v) is 10.8. The van der Waals surface area contributed by atoms with Crippen molar-refractivity contribution in [1.29, 1.82) is 0 Å². The molecule has 0 aromatic heterocycles. The molecule has 84 valence electrons. The van der Waals surface area contributed by atoms with Crippen LogP contribution in [0.2, 0.25) is 0 Å². The van der Waals surface area contributed by atoms with Gasteiger partial charge in [0.1, 0.15) is 0 Å². The number of aliphatic hydroxyl groups excluding tert-OH is 1. The van der Waals surface area contributed by atoms with Crippen molar-refractivity contribution in [1.82, 2.24) is 0 Å². The van der Waals surface area contributed by atoms with E-state index in [1.807, 2.05) is 24.3 Å². The maximum absolute atomic E-state index is 10.2. The van der Waals surface area contributed by atoms with Crippen LogP contribution < -0.4 is 0 Å². The summed E-state index contributed by atoms with van der Waals surface area (Å²) < 4.78 is -0.103. The topological polar surface area (TPSA) is 24.6 Å². The first-order chi connectivity index (χ1) is 7.54. The Labute approximate surface area is 104 Å². The van der Waals surface area contributed by atoms with E-state index >= 15 is 0 Å². The van der Waals surface area contributed by atoms with Crippen LogP contribution in [-0.4, -0.2) is 16.0 Å². The van der Waals surface area contributed by atoms with Gasteiger partial charge in [-0.15, -0.1) is 0 Å². The minimum atomic E-state index is -0.346. The summed E-state index contributed by atoms with van der Waals surface area (Å²) in [7, 11) is 3.44. The summed E-state index contributed by atoms with van der Waals surface area (Å²) in [6.07, 6.45) is -0.346. The Hall–Kier alpha value is -0.630. The average Bonchev–Trinajstić information content (AvgIpc) is 2.55. The van der Waals surface area contributed by atoms with Crippen molar-refractivity contribution < 1.29 is 5.11 Å². The number of nitrogens with zero attached hydrogens (tertiary/aromatic N) is 1. The third kappa shape index (κ3) is 2.08. The molecule has 0 unspecified atom stereocenters. The highest BCUT2D eigenvalue weighted by Gasteiger charge is 2.43. The third-order valence-corrected chi connectivity index (χ3v) is 6.42. The molecule has 1 aliphatic heterocycles. The summed E-state index contributed by atoms with van der Waals surface area (Å²) in [4.78, 5) is 3.36. The van der Waals surface area contributed by atoms with Crippen LogP contribution in [-0.2, 0) is 0 Å². The second kappa shape index (κ2) is 4.33. The first-order valence-corrected chi connectivity index (χ1v) is 7.26. The van der Waals surface area contributed by atoms with Crippen LogP contribution in [0.1, 0.15) is 24.7 Å². The molecule has 1 N–H and O–H groups in total. The maximum atomic E-state index is 10.2. The first kappa shape index (κ1) is 11.8. The smallest absolute Gasteiger partial charge is 0.187 e. The van der Waals surface area contributed by atoms with Crippen molar-refractivity contribution in [3.63, 3.8) is 0 Å². The minimum absolute atomic E-state index is 0.103. The third-order valence-electron chi connectivity index (χ3n) is 2.72. The number of benzene rings is 1. The van der Waals surface area contributed by atoms with Gasteiger partial charge in [0.15, 0.2) is 5.69 Å². The van der Waals surface area contributed by atoms with E-state index in [2.05, 4.69) is 18.7 Å². The number of hydrogen-bond acceptors (Lipinski definition) is 3. The Morgan fingerprint density at radius 2 is 1.94 bits per heavy atom. The number of aliphatic hydroxyl groups is 1. The van der Waals surface area contributed by atoms with Gasteiger partial charge in [-0.05, 0) is 19.4 Å². The fourth-order valence-corrected chi connectivity index (χ4v) is 5.00. The van der Waals surface area contributed by atoms with Gasteiger partial charge < -0.3 is 5.11 Å². The highest BCUT2D eigenvalue weighted by Crippen LogP contribution is 2.57. The molecule has 1 aromatic carbocycles. The molecule has 1 heterocycles. The van der Waals surface area contributed by atoms with Crippen LogP contribution in [0.25, 0.3) is 4.85 Å². The van der Waals surface area contributed by atoms with Crippen LogP contribution in [0.4, 0.5) is 5.69 Å². The summed E-state index contributed by atoms with van der Waals surface area (Å²) in [5, 5.41) is 10.3. The quantitative estimate of drug-likeness (QED) is 0.606. The maximum Gasteiger partial charge on any atom is 0.187 e. The molecule has 0 saturated carbocycles. The normalized spacial score (nSPS) is 27.6. The van der Waals surface area contributed by atoms with E-state index in [1.165, 1.54) is 0 Å². The van der Waals surface area contributed by atoms with E-state index in [0.29, 0.717) is 5.69 Å². The molecule has 4 heteroatoms. The summed E-state index contributed by atoms with van der Waals surface area (Å²) >= 11 is 0. The lowest BCUT2D eigenvalue weighted by molar-refractivity contribution is 0.143. The van der Waals surface area contributed by atoms with Crippen LogP contribution in [0.15, 0.2) is 24.3 Å². The van der Waals surface area contributed by atoms with E-state index in [9.17, 15) is 5.11 Å². The fraction of sp³-hybridized carbons (Fsp3) is 0.417. The largest absolute Gasteiger partial charge is 0.390 e. The lowest BCUT2D eigenvalue weighted by Gasteiger charge is -2.23. The minimum Gasteiger partial charge on any atom is -0.390 e. The van der Waals surface area contributed by atoms with E-state index in [4.69, 9.17) is 6.57 Å². The molecule has 1 aliphatic rings. The molecule has 0 radical (unpaired) electrons. The Morgan fingerprint density at radius 1 is 1.31 bits per heavy atom. The molecule has 2 atom stereocenters. The van der Waals surface area contributed by atoms with E-state index in [-0.39, 0.29) is 16.1 Å². The van der Waals surface area contributed by atoms with Gasteiger partial charge in [-0.2, -0.15) is 0 Å². The Morgan fingerprint density at radius 3 is 2.38 bits per heavy atom. The summed E-state index contributed by atoms with van der Waals surface area (Å²) in [5.41, 5.74) is 1.75. The zero-order valence-electron chi connectivity index (χ0n) is 9.18. The average molecular weight is 251 g/mol. The van der Waals surface area contributed by atoms with Crippen LogP contribution in [0.5, 0.6) is 0 Å². The van der Waals surface area contributed by atoms with Crippen molar-refractivity contribution in [3.8, 4) is 0 Å². The van der Waals surface area contributed by atoms with Crippen LogP contribution >= 0.6 is 21.6 Å². The second-order valence-corrected chi connectivity index (χ2v) is 7.35. The molecule has 1 aromatic rings. The molecular formula is C12H13NOS2. The predicted molar refractivity (Wildman–Crippen MR) is 70.7 cm³/mol. The standard InChI is InChI=1S/C12H13NOS2/c1-12(2)11(14)10(15-16-12)8-4-6-9(13-3)7-5-8/h4-7,10-11,14H,1-2H3/t10-,11-/m1/s1. The molecule has 1 saturated heterocycles. The van der Waals surface area contributed by atoms with Crippen molar-refractivity contribution in [2.75, 3.05) is 0 Å². The van der Waals surface area contributed by atoms with Gasteiger partial charge in [-0.3, -0.25) is 0 Å². The molecule has 2 rings (SSSR count). The number of hydrogen-bond donors (Lipinski definition) is 1. The molecule has 0 aliphatic carbocycles. The van der Waals surface area contributed by atoms with Gasteiger partial charge in [0.05, 0.1) is 17.9 Å². The SMILES string of the molecule is [C-]#[N+]c1ccc([C@H]2SSC(C)(C)[C@@H]2O)cc1. The van der Waals surface area contributed by atoms with Gasteiger partial charge in [-0.25, -0.2) is 4.85 Å². The van der Waals surface area contributed by atoms with Gasteiger partial charge in [0, 0.05) is 4.75 Å². The van der Waals surface area contributed by atoms with E-state index in [0.717, 1.165) is 5.56 Å². The van der Waals surface area contributed by atoms with Crippen LogP contribution in [0.3, 0.4) is 0 Å². The fourth-order valence-electron chi connectivity index (χ4n) is 1.62. The molecule has 16 heavy (non-hydrogen) atoms. The Kier molecular flexibility index (Phi) is 3.20. The van der Waals surface area contributed by atoms with E-state index < -0.39 is 0 Å². The molecule has 1 fully saturated rings. The molecule has 2 nitrogen and oxygen atoms in total. The van der Waals surface area contributed by atoms with Crippen molar-refractivity contribution in [2.24, 2.45) is 0 Å². The van der Waals surface area contributed by atoms with Gasteiger partial charge in [0.2, 0.25) is 0 Å². The van der Waals surface area contributed by atoms with Crippen molar-refractivity contribution in [2.45, 2.75) is 29.9 Å². The van der Waals surface area contributed by atoms with Crippen molar-refractivity contribution >= 4 is 27.3 Å². The van der Waals surface area contributed by atoms with Crippen LogP contribution in [0, 0.1) is 6.57 Å². The van der Waals surface area contributed by atoms with Gasteiger partial charge in [0.25, 0.3) is 0 Å². The van der Waals surface area contributed by atoms with Gasteiger partial charge in [-0.1, -0.05) is 45.9 Å². The Balaban J connectivity index is 2.23.